The standard InChI is InChI=1S/C8H10O2.Li/c1-2-10-8-6-4-3-5-7(8)9;/h3-6,9H,2H2,1H3;. The molecule has 0 spiro atoms. The van der Waals surface area contributed by atoms with E-state index in [0.717, 1.165) is 0 Å². The summed E-state index contributed by atoms with van der Waals surface area (Å²) in [5.74, 6) is 0.745. The van der Waals surface area contributed by atoms with Gasteiger partial charge in [0.05, 0.1) is 6.61 Å². The van der Waals surface area contributed by atoms with Crippen LogP contribution in [0.5, 0.6) is 11.5 Å². The van der Waals surface area contributed by atoms with E-state index in [2.05, 4.69) is 0 Å². The fourth-order valence-corrected chi connectivity index (χ4v) is 0.735. The molecule has 0 fully saturated rings. The summed E-state index contributed by atoms with van der Waals surface area (Å²) in [5.41, 5.74) is 0. The molecule has 0 aliphatic rings. The summed E-state index contributed by atoms with van der Waals surface area (Å²) in [7, 11) is 0. The summed E-state index contributed by atoms with van der Waals surface area (Å²) in [6.07, 6.45) is 0. The van der Waals surface area contributed by atoms with E-state index in [0.29, 0.717) is 12.4 Å². The van der Waals surface area contributed by atoms with Crippen LogP contribution >= 0.6 is 0 Å². The Kier molecular flexibility index (Phi) is 4.85. The van der Waals surface area contributed by atoms with Crippen LogP contribution in [-0.2, 0) is 0 Å². The van der Waals surface area contributed by atoms with Crippen LogP contribution in [0, 0.1) is 0 Å². The van der Waals surface area contributed by atoms with Crippen molar-refractivity contribution in [3.8, 4) is 11.5 Å². The van der Waals surface area contributed by atoms with Crippen molar-refractivity contribution >= 4 is 18.9 Å². The molecule has 0 bridgehead atoms. The van der Waals surface area contributed by atoms with Crippen LogP contribution in [0.15, 0.2) is 24.3 Å². The van der Waals surface area contributed by atoms with Gasteiger partial charge in [0.25, 0.3) is 0 Å². The number of ether oxygens (including phenoxy) is 1. The Balaban J connectivity index is 0.000001000. The van der Waals surface area contributed by atoms with Crippen molar-refractivity contribution < 1.29 is 9.84 Å². The van der Waals surface area contributed by atoms with E-state index >= 15 is 0 Å². The summed E-state index contributed by atoms with van der Waals surface area (Å²) < 4.78 is 5.09. The number of para-hydroxylation sites is 2. The van der Waals surface area contributed by atoms with Gasteiger partial charge in [0.1, 0.15) is 0 Å². The topological polar surface area (TPSA) is 29.5 Å². The molecule has 11 heavy (non-hydrogen) atoms. The fourth-order valence-electron chi connectivity index (χ4n) is 0.735. The number of aromatic hydroxyl groups is 1. The maximum absolute atomic E-state index is 9.12. The average Bonchev–Trinajstić information content (AvgIpc) is 1.94. The van der Waals surface area contributed by atoms with Gasteiger partial charge in [-0.05, 0) is 19.1 Å². The zero-order valence-electron chi connectivity index (χ0n) is 6.87. The predicted molar refractivity (Wildman–Crippen MR) is 45.0 cm³/mol. The zero-order valence-corrected chi connectivity index (χ0v) is 6.87. The third-order valence-corrected chi connectivity index (χ3v) is 1.17. The monoisotopic (exact) mass is 145 g/mol. The van der Waals surface area contributed by atoms with Crippen LogP contribution in [0.25, 0.3) is 0 Å². The largest absolute Gasteiger partial charge is 0.504 e. The minimum absolute atomic E-state index is 0. The number of rotatable bonds is 2. The number of benzene rings is 1. The Morgan fingerprint density at radius 3 is 2.55 bits per heavy atom. The van der Waals surface area contributed by atoms with Crippen LogP contribution in [0.3, 0.4) is 0 Å². The van der Waals surface area contributed by atoms with Gasteiger partial charge in [-0.15, -0.1) is 0 Å². The van der Waals surface area contributed by atoms with Crippen molar-refractivity contribution in [2.45, 2.75) is 6.92 Å². The van der Waals surface area contributed by atoms with Gasteiger partial charge in [-0.1, -0.05) is 12.1 Å². The Morgan fingerprint density at radius 1 is 1.36 bits per heavy atom. The minimum atomic E-state index is 0. The number of hydrogen-bond acceptors (Lipinski definition) is 2. The molecule has 1 N–H and O–H groups in total. The van der Waals surface area contributed by atoms with Crippen LogP contribution in [-0.4, -0.2) is 30.6 Å². The van der Waals surface area contributed by atoms with Gasteiger partial charge in [-0.25, -0.2) is 0 Å². The molecule has 1 aromatic carbocycles. The molecule has 0 unspecified atom stereocenters. The molecular weight excluding hydrogens is 135 g/mol. The first kappa shape index (κ1) is 10.4. The third kappa shape index (κ3) is 2.88. The number of phenols is 1. The van der Waals surface area contributed by atoms with Crippen LogP contribution in [0.4, 0.5) is 0 Å². The van der Waals surface area contributed by atoms with Crippen LogP contribution in [0.1, 0.15) is 6.92 Å². The van der Waals surface area contributed by atoms with E-state index < -0.39 is 0 Å². The predicted octanol–water partition coefficient (Wildman–Crippen LogP) is 1.41. The minimum Gasteiger partial charge on any atom is -0.504 e. The molecule has 0 aliphatic heterocycles. The molecule has 3 heteroatoms. The summed E-state index contributed by atoms with van der Waals surface area (Å²) >= 11 is 0. The molecule has 2 nitrogen and oxygen atoms in total. The number of hydrogen-bond donors (Lipinski definition) is 1. The fraction of sp³-hybridized carbons (Fsp3) is 0.250. The molecule has 1 rings (SSSR count). The second-order valence-corrected chi connectivity index (χ2v) is 1.90. The molecule has 0 aromatic heterocycles. The molecule has 1 aromatic rings. The summed E-state index contributed by atoms with van der Waals surface area (Å²) in [6.45, 7) is 2.46. The van der Waals surface area contributed by atoms with Crippen LogP contribution < -0.4 is 4.74 Å². The van der Waals surface area contributed by atoms with Crippen molar-refractivity contribution in [3.63, 3.8) is 0 Å². The molecule has 0 amide bonds. The molecular formula is C8H10LiO2. The van der Waals surface area contributed by atoms with Crippen molar-refractivity contribution in [1.82, 2.24) is 0 Å². The molecule has 0 heterocycles. The van der Waals surface area contributed by atoms with Crippen molar-refractivity contribution in [2.75, 3.05) is 6.61 Å². The molecule has 0 aliphatic carbocycles. The second-order valence-electron chi connectivity index (χ2n) is 1.90. The summed E-state index contributed by atoms with van der Waals surface area (Å²) in [4.78, 5) is 0. The van der Waals surface area contributed by atoms with Gasteiger partial charge >= 0.3 is 0 Å². The smallest absolute Gasteiger partial charge is 0.160 e. The van der Waals surface area contributed by atoms with E-state index in [1.807, 2.05) is 13.0 Å². The zero-order chi connectivity index (χ0) is 7.40. The maximum atomic E-state index is 9.12. The quantitative estimate of drug-likeness (QED) is 0.637. The summed E-state index contributed by atoms with van der Waals surface area (Å²) in [6, 6.07) is 6.92. The van der Waals surface area contributed by atoms with E-state index in [9.17, 15) is 0 Å². The third-order valence-electron chi connectivity index (χ3n) is 1.17. The van der Waals surface area contributed by atoms with E-state index in [1.165, 1.54) is 0 Å². The average molecular weight is 145 g/mol. The van der Waals surface area contributed by atoms with Crippen molar-refractivity contribution in [1.29, 1.82) is 0 Å². The first-order chi connectivity index (χ1) is 4.84. The van der Waals surface area contributed by atoms with Gasteiger partial charge < -0.3 is 9.84 Å². The Bertz CT molecular complexity index is 213. The number of phenolic OH excluding ortho intramolecular Hbond substituents is 1. The van der Waals surface area contributed by atoms with Crippen LogP contribution in [0.2, 0.25) is 0 Å². The van der Waals surface area contributed by atoms with E-state index in [-0.39, 0.29) is 24.6 Å². The van der Waals surface area contributed by atoms with E-state index in [4.69, 9.17) is 9.84 Å². The molecule has 55 valence electrons. The normalized spacial score (nSPS) is 8.45. The van der Waals surface area contributed by atoms with Gasteiger partial charge in [-0.2, -0.15) is 0 Å². The molecule has 0 atom stereocenters. The van der Waals surface area contributed by atoms with Gasteiger partial charge in [0.15, 0.2) is 11.5 Å². The van der Waals surface area contributed by atoms with E-state index in [1.54, 1.807) is 18.2 Å². The first-order valence-corrected chi connectivity index (χ1v) is 3.25. The molecule has 0 saturated carbocycles. The Morgan fingerprint density at radius 2 is 2.00 bits per heavy atom. The maximum Gasteiger partial charge on any atom is 0.160 e. The van der Waals surface area contributed by atoms with Crippen molar-refractivity contribution in [3.05, 3.63) is 24.3 Å². The van der Waals surface area contributed by atoms with Crippen molar-refractivity contribution in [2.24, 2.45) is 0 Å². The SMILES string of the molecule is CCOc1ccccc1O.[Li]. The van der Waals surface area contributed by atoms with Gasteiger partial charge in [0, 0.05) is 18.9 Å². The summed E-state index contributed by atoms with van der Waals surface area (Å²) in [5, 5.41) is 9.12. The van der Waals surface area contributed by atoms with Gasteiger partial charge in [-0.3, -0.25) is 0 Å². The van der Waals surface area contributed by atoms with Gasteiger partial charge in [0.2, 0.25) is 0 Å². The second kappa shape index (κ2) is 5.12. The Labute approximate surface area is 78.4 Å². The molecule has 0 saturated heterocycles. The molecule has 1 radical (unpaired) electrons. The first-order valence-electron chi connectivity index (χ1n) is 3.25. The Hall–Kier alpha value is -0.583.